The molecule has 4 nitrogen and oxygen atoms in total. The molecular weight excluding hydrogens is 238 g/mol. The van der Waals surface area contributed by atoms with Crippen molar-refractivity contribution in [3.05, 3.63) is 35.5 Å². The first-order valence-electron chi connectivity index (χ1n) is 5.21. The number of ether oxygens (including phenoxy) is 2. The van der Waals surface area contributed by atoms with Crippen LogP contribution in [-0.2, 0) is 14.3 Å². The average Bonchev–Trinajstić information content (AvgIpc) is 2.38. The van der Waals surface area contributed by atoms with E-state index in [2.05, 4.69) is 4.72 Å². The van der Waals surface area contributed by atoms with Crippen molar-refractivity contribution in [2.45, 2.75) is 4.90 Å². The molecule has 0 bridgehead atoms. The first-order chi connectivity index (χ1) is 8.31. The number of hydrogen-bond donors (Lipinski definition) is 1. The summed E-state index contributed by atoms with van der Waals surface area (Å²) in [5, 5.41) is 0. The van der Waals surface area contributed by atoms with Crippen LogP contribution in [0.25, 0.3) is 6.08 Å². The summed E-state index contributed by atoms with van der Waals surface area (Å²) in [5.41, 5.74) is 1.49. The van der Waals surface area contributed by atoms with E-state index in [0.717, 1.165) is 10.5 Å². The standard InChI is InChI=1S/C12H13NO3S/c1-15-6-7-16-12(14)10-8-9-4-2-3-5-11(9)17-13-10/h2-5,8,13H,6-7H2,1H3. The Kier molecular flexibility index (Phi) is 4.06. The van der Waals surface area contributed by atoms with Crippen molar-refractivity contribution in [2.75, 3.05) is 20.3 Å². The Morgan fingerprint density at radius 3 is 3.00 bits per heavy atom. The Labute approximate surface area is 104 Å². The van der Waals surface area contributed by atoms with Crippen LogP contribution in [0.4, 0.5) is 0 Å². The molecule has 0 saturated carbocycles. The van der Waals surface area contributed by atoms with E-state index in [1.807, 2.05) is 24.3 Å². The predicted molar refractivity (Wildman–Crippen MR) is 66.2 cm³/mol. The van der Waals surface area contributed by atoms with Crippen LogP contribution in [-0.4, -0.2) is 26.3 Å². The van der Waals surface area contributed by atoms with Gasteiger partial charge in [-0.3, -0.25) is 0 Å². The molecule has 1 aromatic rings. The van der Waals surface area contributed by atoms with Gasteiger partial charge in [0.2, 0.25) is 0 Å². The van der Waals surface area contributed by atoms with Crippen molar-refractivity contribution in [3.63, 3.8) is 0 Å². The fraction of sp³-hybridized carbons (Fsp3) is 0.250. The van der Waals surface area contributed by atoms with Crippen LogP contribution in [0.2, 0.25) is 0 Å². The number of methoxy groups -OCH3 is 1. The topological polar surface area (TPSA) is 47.6 Å². The van der Waals surface area contributed by atoms with E-state index in [4.69, 9.17) is 9.47 Å². The minimum atomic E-state index is -0.357. The zero-order valence-corrected chi connectivity index (χ0v) is 10.3. The minimum Gasteiger partial charge on any atom is -0.459 e. The van der Waals surface area contributed by atoms with Crippen LogP contribution in [0.1, 0.15) is 5.56 Å². The summed E-state index contributed by atoms with van der Waals surface area (Å²) in [4.78, 5) is 12.8. The molecule has 0 amide bonds. The Hall–Kier alpha value is -1.46. The molecule has 0 unspecified atom stereocenters. The summed E-state index contributed by atoms with van der Waals surface area (Å²) in [6.45, 7) is 0.670. The predicted octanol–water partition coefficient (Wildman–Crippen LogP) is 1.83. The monoisotopic (exact) mass is 251 g/mol. The lowest BCUT2D eigenvalue weighted by molar-refractivity contribution is -0.140. The molecule has 90 valence electrons. The molecule has 0 saturated heterocycles. The number of rotatable bonds is 4. The van der Waals surface area contributed by atoms with Crippen molar-refractivity contribution in [1.29, 1.82) is 0 Å². The van der Waals surface area contributed by atoms with Crippen molar-refractivity contribution >= 4 is 24.0 Å². The number of nitrogens with one attached hydrogen (secondary N) is 1. The third kappa shape index (κ3) is 3.01. The smallest absolute Gasteiger partial charge is 0.355 e. The van der Waals surface area contributed by atoms with Gasteiger partial charge in [0, 0.05) is 12.0 Å². The normalized spacial score (nSPS) is 13.4. The molecule has 1 N–H and O–H groups in total. The van der Waals surface area contributed by atoms with E-state index in [9.17, 15) is 4.79 Å². The van der Waals surface area contributed by atoms with Gasteiger partial charge < -0.3 is 14.2 Å². The molecule has 1 aliphatic rings. The summed E-state index contributed by atoms with van der Waals surface area (Å²) in [6, 6.07) is 7.86. The van der Waals surface area contributed by atoms with Crippen LogP contribution in [0.5, 0.6) is 0 Å². The van der Waals surface area contributed by atoms with Crippen LogP contribution in [0.15, 0.2) is 34.9 Å². The second-order valence-electron chi connectivity index (χ2n) is 3.43. The lowest BCUT2D eigenvalue weighted by atomic mass is 10.2. The summed E-state index contributed by atoms with van der Waals surface area (Å²) in [6.07, 6.45) is 1.79. The van der Waals surface area contributed by atoms with E-state index in [1.165, 1.54) is 11.9 Å². The number of hydrogen-bond acceptors (Lipinski definition) is 5. The van der Waals surface area contributed by atoms with E-state index in [-0.39, 0.29) is 12.6 Å². The average molecular weight is 251 g/mol. The summed E-state index contributed by atoms with van der Waals surface area (Å²) in [5.74, 6) is -0.357. The van der Waals surface area contributed by atoms with Gasteiger partial charge in [0.1, 0.15) is 12.3 Å². The Morgan fingerprint density at radius 1 is 1.35 bits per heavy atom. The van der Waals surface area contributed by atoms with Gasteiger partial charge in [-0.05, 0) is 29.7 Å². The molecule has 0 aromatic heterocycles. The number of carbonyl (C=O) groups excluding carboxylic acids is 1. The van der Waals surface area contributed by atoms with Gasteiger partial charge in [-0.2, -0.15) is 0 Å². The maximum absolute atomic E-state index is 11.7. The lowest BCUT2D eigenvalue weighted by Gasteiger charge is -2.16. The number of carbonyl (C=O) groups is 1. The molecule has 0 radical (unpaired) electrons. The van der Waals surface area contributed by atoms with Crippen LogP contribution in [0.3, 0.4) is 0 Å². The van der Waals surface area contributed by atoms with Crippen molar-refractivity contribution in [1.82, 2.24) is 4.72 Å². The Bertz CT molecular complexity index is 445. The molecule has 1 aliphatic heterocycles. The molecular formula is C12H13NO3S. The van der Waals surface area contributed by atoms with Crippen LogP contribution < -0.4 is 4.72 Å². The maximum Gasteiger partial charge on any atom is 0.355 e. The summed E-state index contributed by atoms with van der Waals surface area (Å²) < 4.78 is 12.8. The van der Waals surface area contributed by atoms with E-state index in [1.54, 1.807) is 13.2 Å². The second kappa shape index (κ2) is 5.75. The van der Waals surface area contributed by atoms with Crippen molar-refractivity contribution in [3.8, 4) is 0 Å². The minimum absolute atomic E-state index is 0.265. The molecule has 0 atom stereocenters. The third-order valence-electron chi connectivity index (χ3n) is 2.23. The first kappa shape index (κ1) is 12.0. The van der Waals surface area contributed by atoms with Gasteiger partial charge in [-0.1, -0.05) is 18.2 Å². The molecule has 2 rings (SSSR count). The van der Waals surface area contributed by atoms with Gasteiger partial charge in [-0.15, -0.1) is 0 Å². The van der Waals surface area contributed by atoms with Gasteiger partial charge in [0.15, 0.2) is 0 Å². The summed E-state index contributed by atoms with van der Waals surface area (Å²) in [7, 11) is 1.57. The maximum atomic E-state index is 11.7. The molecule has 1 aromatic carbocycles. The van der Waals surface area contributed by atoms with Crippen LogP contribution >= 0.6 is 11.9 Å². The first-order valence-corrected chi connectivity index (χ1v) is 6.02. The zero-order valence-electron chi connectivity index (χ0n) is 9.43. The molecule has 1 heterocycles. The fourth-order valence-corrected chi connectivity index (χ4v) is 2.14. The number of benzene rings is 1. The SMILES string of the molecule is COCCOC(=O)C1=Cc2ccccc2SN1. The van der Waals surface area contributed by atoms with E-state index < -0.39 is 0 Å². The molecule has 17 heavy (non-hydrogen) atoms. The molecule has 5 heteroatoms. The zero-order chi connectivity index (χ0) is 12.1. The number of esters is 1. The highest BCUT2D eigenvalue weighted by Crippen LogP contribution is 2.27. The highest BCUT2D eigenvalue weighted by molar-refractivity contribution is 7.97. The van der Waals surface area contributed by atoms with Crippen molar-refractivity contribution in [2.24, 2.45) is 0 Å². The van der Waals surface area contributed by atoms with Gasteiger partial charge in [-0.25, -0.2) is 4.79 Å². The quantitative estimate of drug-likeness (QED) is 0.502. The highest BCUT2D eigenvalue weighted by Gasteiger charge is 2.16. The van der Waals surface area contributed by atoms with Gasteiger partial charge in [0.25, 0.3) is 0 Å². The van der Waals surface area contributed by atoms with E-state index in [0.29, 0.717) is 12.3 Å². The van der Waals surface area contributed by atoms with Crippen molar-refractivity contribution < 1.29 is 14.3 Å². The largest absolute Gasteiger partial charge is 0.459 e. The number of fused-ring (bicyclic) bond motifs is 1. The Morgan fingerprint density at radius 2 is 2.18 bits per heavy atom. The molecule has 0 aliphatic carbocycles. The Balaban J connectivity index is 2.04. The third-order valence-corrected chi connectivity index (χ3v) is 3.14. The summed E-state index contributed by atoms with van der Waals surface area (Å²) >= 11 is 1.41. The lowest BCUT2D eigenvalue weighted by Crippen LogP contribution is -2.20. The fourth-order valence-electron chi connectivity index (χ4n) is 1.38. The molecule has 0 spiro atoms. The second-order valence-corrected chi connectivity index (χ2v) is 4.28. The van der Waals surface area contributed by atoms with Gasteiger partial charge in [0.05, 0.1) is 6.61 Å². The highest BCUT2D eigenvalue weighted by atomic mass is 32.2. The van der Waals surface area contributed by atoms with Crippen LogP contribution in [0, 0.1) is 0 Å². The van der Waals surface area contributed by atoms with Gasteiger partial charge >= 0.3 is 5.97 Å². The van der Waals surface area contributed by atoms with E-state index >= 15 is 0 Å². The molecule has 0 fully saturated rings.